The molecular weight excluding hydrogens is 266 g/mol. The van der Waals surface area contributed by atoms with Gasteiger partial charge in [-0.1, -0.05) is 0 Å². The van der Waals surface area contributed by atoms with Crippen molar-refractivity contribution >= 4 is 22.4 Å². The molecule has 0 bridgehead atoms. The monoisotopic (exact) mass is 276 g/mol. The van der Waals surface area contributed by atoms with Crippen LogP contribution in [0.2, 0.25) is 0 Å². The van der Waals surface area contributed by atoms with Gasteiger partial charge in [-0.15, -0.1) is 12.4 Å². The van der Waals surface area contributed by atoms with E-state index in [0.29, 0.717) is 0 Å². The summed E-state index contributed by atoms with van der Waals surface area (Å²) in [6.45, 7) is -1.96. The van der Waals surface area contributed by atoms with Crippen LogP contribution in [0.4, 0.5) is 8.78 Å². The van der Waals surface area contributed by atoms with Crippen molar-refractivity contribution in [3.05, 3.63) is 12.5 Å². The SMILES string of the molecule is Cl.NCC(F)(F)CNS(=O)(=O)c1cnc[nH]1. The van der Waals surface area contributed by atoms with E-state index in [1.807, 2.05) is 0 Å². The first-order valence-corrected chi connectivity index (χ1v) is 5.42. The van der Waals surface area contributed by atoms with Gasteiger partial charge in [0.05, 0.1) is 25.6 Å². The van der Waals surface area contributed by atoms with Gasteiger partial charge in [-0.3, -0.25) is 0 Å². The first-order valence-electron chi connectivity index (χ1n) is 3.93. The van der Waals surface area contributed by atoms with Crippen LogP contribution in [0.3, 0.4) is 0 Å². The minimum Gasteiger partial charge on any atom is -0.335 e. The molecule has 0 aliphatic carbocycles. The third-order valence-corrected chi connectivity index (χ3v) is 2.91. The van der Waals surface area contributed by atoms with Gasteiger partial charge in [-0.2, -0.15) is 0 Å². The maximum atomic E-state index is 12.6. The molecule has 4 N–H and O–H groups in total. The van der Waals surface area contributed by atoms with Crippen LogP contribution in [0.5, 0.6) is 0 Å². The number of halogens is 3. The molecule has 0 aromatic carbocycles. The molecule has 0 aliphatic heterocycles. The Kier molecular flexibility index (Phi) is 5.26. The first-order chi connectivity index (χ1) is 6.87. The number of nitrogens with one attached hydrogen (secondary N) is 2. The van der Waals surface area contributed by atoms with Gasteiger partial charge in [0, 0.05) is 0 Å². The molecule has 0 unspecified atom stereocenters. The Morgan fingerprint density at radius 1 is 1.56 bits per heavy atom. The number of sulfonamides is 1. The molecule has 0 saturated heterocycles. The second-order valence-electron chi connectivity index (χ2n) is 2.80. The zero-order chi connectivity index (χ0) is 11.5. The van der Waals surface area contributed by atoms with Crippen molar-refractivity contribution in [2.75, 3.05) is 13.1 Å². The van der Waals surface area contributed by atoms with Crippen LogP contribution in [0, 0.1) is 0 Å². The van der Waals surface area contributed by atoms with Gasteiger partial charge in [0.15, 0.2) is 5.03 Å². The van der Waals surface area contributed by atoms with E-state index < -0.39 is 29.0 Å². The number of hydrogen-bond acceptors (Lipinski definition) is 4. The summed E-state index contributed by atoms with van der Waals surface area (Å²) >= 11 is 0. The van der Waals surface area contributed by atoms with Gasteiger partial charge in [0.25, 0.3) is 15.9 Å². The number of rotatable bonds is 5. The van der Waals surface area contributed by atoms with E-state index in [1.165, 1.54) is 0 Å². The summed E-state index contributed by atoms with van der Waals surface area (Å²) in [5, 5.41) is -0.268. The van der Waals surface area contributed by atoms with Crippen LogP contribution >= 0.6 is 12.4 Å². The van der Waals surface area contributed by atoms with Gasteiger partial charge in [-0.05, 0) is 0 Å². The molecule has 10 heteroatoms. The van der Waals surface area contributed by atoms with Crippen molar-refractivity contribution < 1.29 is 17.2 Å². The van der Waals surface area contributed by atoms with E-state index in [0.717, 1.165) is 12.5 Å². The zero-order valence-electron chi connectivity index (χ0n) is 7.98. The first kappa shape index (κ1) is 15.2. The average Bonchev–Trinajstić information content (AvgIpc) is 2.69. The van der Waals surface area contributed by atoms with Crippen LogP contribution in [0.1, 0.15) is 0 Å². The van der Waals surface area contributed by atoms with Crippen molar-refractivity contribution in [1.82, 2.24) is 14.7 Å². The van der Waals surface area contributed by atoms with Gasteiger partial charge >= 0.3 is 0 Å². The number of hydrogen-bond donors (Lipinski definition) is 3. The Balaban J connectivity index is 0.00000225. The van der Waals surface area contributed by atoms with Crippen LogP contribution in [-0.4, -0.2) is 37.4 Å². The van der Waals surface area contributed by atoms with E-state index in [-0.39, 0.29) is 17.4 Å². The topological polar surface area (TPSA) is 101 Å². The molecule has 1 rings (SSSR count). The van der Waals surface area contributed by atoms with Crippen LogP contribution in [0.15, 0.2) is 17.6 Å². The highest BCUT2D eigenvalue weighted by molar-refractivity contribution is 7.89. The third kappa shape index (κ3) is 4.00. The molecule has 94 valence electrons. The summed E-state index contributed by atoms with van der Waals surface area (Å²) in [4.78, 5) is 5.76. The zero-order valence-corrected chi connectivity index (χ0v) is 9.62. The van der Waals surface area contributed by atoms with Gasteiger partial charge < -0.3 is 10.7 Å². The van der Waals surface area contributed by atoms with Crippen molar-refractivity contribution in [2.24, 2.45) is 5.73 Å². The molecule has 1 aromatic heterocycles. The van der Waals surface area contributed by atoms with Crippen molar-refractivity contribution in [2.45, 2.75) is 10.9 Å². The molecule has 6 nitrogen and oxygen atoms in total. The van der Waals surface area contributed by atoms with E-state index in [4.69, 9.17) is 5.73 Å². The Morgan fingerprint density at radius 3 is 2.62 bits per heavy atom. The molecule has 0 saturated carbocycles. The Labute approximate surface area is 97.1 Å². The smallest absolute Gasteiger partial charge is 0.273 e. The number of aromatic amines is 1. The minimum atomic E-state index is -3.96. The fourth-order valence-corrected chi connectivity index (χ4v) is 1.70. The molecule has 0 radical (unpaired) electrons. The second-order valence-corrected chi connectivity index (χ2v) is 4.54. The van der Waals surface area contributed by atoms with Gasteiger partial charge in [0.2, 0.25) is 0 Å². The predicted octanol–water partition coefficient (Wildman–Crippen LogP) is -0.296. The number of imidazole rings is 1. The lowest BCUT2D eigenvalue weighted by Crippen LogP contribution is -2.41. The molecule has 0 fully saturated rings. The number of nitrogens with zero attached hydrogens (tertiary/aromatic N) is 1. The summed E-state index contributed by atoms with van der Waals surface area (Å²) in [6, 6.07) is 0. The molecule has 0 amide bonds. The summed E-state index contributed by atoms with van der Waals surface area (Å²) < 4.78 is 49.6. The summed E-state index contributed by atoms with van der Waals surface area (Å²) in [6.07, 6.45) is 2.15. The van der Waals surface area contributed by atoms with Crippen molar-refractivity contribution in [3.63, 3.8) is 0 Å². The van der Waals surface area contributed by atoms with Gasteiger partial charge in [0.1, 0.15) is 0 Å². The van der Waals surface area contributed by atoms with Crippen LogP contribution < -0.4 is 10.5 Å². The highest BCUT2D eigenvalue weighted by Gasteiger charge is 2.29. The maximum absolute atomic E-state index is 12.6. The van der Waals surface area contributed by atoms with Crippen molar-refractivity contribution in [3.8, 4) is 0 Å². The second kappa shape index (κ2) is 5.53. The number of aromatic nitrogens is 2. The third-order valence-electron chi connectivity index (χ3n) is 1.58. The summed E-state index contributed by atoms with van der Waals surface area (Å²) in [5.41, 5.74) is 4.75. The standard InChI is InChI=1S/C6H10F2N4O2S.ClH/c7-6(8,2-9)3-12-15(13,14)5-1-10-4-11-5;/h1,4,12H,2-3,9H2,(H,10,11);1H. The minimum absolute atomic E-state index is 0. The molecular formula is C6H11ClF2N4O2S. The number of alkyl halides is 2. The fraction of sp³-hybridized carbons (Fsp3) is 0.500. The lowest BCUT2D eigenvalue weighted by Gasteiger charge is -2.13. The molecule has 0 atom stereocenters. The maximum Gasteiger partial charge on any atom is 0.273 e. The molecule has 0 aliphatic rings. The van der Waals surface area contributed by atoms with E-state index in [2.05, 4.69) is 9.97 Å². The highest BCUT2D eigenvalue weighted by Crippen LogP contribution is 2.11. The van der Waals surface area contributed by atoms with E-state index in [1.54, 1.807) is 4.72 Å². The van der Waals surface area contributed by atoms with Crippen LogP contribution in [0.25, 0.3) is 0 Å². The Bertz CT molecular complexity index is 408. The molecule has 0 spiro atoms. The van der Waals surface area contributed by atoms with Crippen molar-refractivity contribution in [1.29, 1.82) is 0 Å². The predicted molar refractivity (Wildman–Crippen MR) is 55.0 cm³/mol. The largest absolute Gasteiger partial charge is 0.335 e. The number of H-pyrrole nitrogens is 1. The van der Waals surface area contributed by atoms with Crippen LogP contribution in [-0.2, 0) is 10.0 Å². The van der Waals surface area contributed by atoms with E-state index >= 15 is 0 Å². The quantitative estimate of drug-likeness (QED) is 0.687. The summed E-state index contributed by atoms with van der Waals surface area (Å²) in [5.74, 6) is -3.26. The average molecular weight is 277 g/mol. The Hall–Kier alpha value is -0.770. The number of nitrogens with two attached hydrogens (primary N) is 1. The normalized spacial score (nSPS) is 12.2. The molecule has 1 aromatic rings. The molecule has 1 heterocycles. The van der Waals surface area contributed by atoms with E-state index in [9.17, 15) is 17.2 Å². The Morgan fingerprint density at radius 2 is 2.19 bits per heavy atom. The lowest BCUT2D eigenvalue weighted by atomic mass is 10.3. The summed E-state index contributed by atoms with van der Waals surface area (Å²) in [7, 11) is -3.96. The van der Waals surface area contributed by atoms with Gasteiger partial charge in [-0.25, -0.2) is 26.9 Å². The molecule has 16 heavy (non-hydrogen) atoms. The fourth-order valence-electron chi connectivity index (χ4n) is 0.741. The highest BCUT2D eigenvalue weighted by atomic mass is 35.5. The lowest BCUT2D eigenvalue weighted by molar-refractivity contribution is 0.0170.